The molecule has 4 nitrogen and oxygen atoms in total. The first-order chi connectivity index (χ1) is 12.5. The van der Waals surface area contributed by atoms with E-state index in [1.54, 1.807) is 0 Å². The Morgan fingerprint density at radius 3 is 2.69 bits per heavy atom. The summed E-state index contributed by atoms with van der Waals surface area (Å²) in [6.45, 7) is 4.02. The maximum atomic E-state index is 13.1. The summed E-state index contributed by atoms with van der Waals surface area (Å²) in [5.41, 5.74) is 3.49. The molecule has 1 amide bonds. The summed E-state index contributed by atoms with van der Waals surface area (Å²) in [6, 6.07) is 16.5. The highest BCUT2D eigenvalue weighted by Crippen LogP contribution is 2.27. The second-order valence-electron chi connectivity index (χ2n) is 7.35. The Kier molecular flexibility index (Phi) is 5.94. The highest BCUT2D eigenvalue weighted by Gasteiger charge is 2.28. The Balaban J connectivity index is 1.77. The third kappa shape index (κ3) is 4.64. The average Bonchev–Trinajstić information content (AvgIpc) is 2.79. The molecule has 2 aromatic carbocycles. The van der Waals surface area contributed by atoms with E-state index in [2.05, 4.69) is 36.1 Å². The Hall–Kier alpha value is -2.33. The largest absolute Gasteiger partial charge is 0.491 e. The van der Waals surface area contributed by atoms with Crippen LogP contribution < -0.4 is 4.74 Å². The molecule has 138 valence electrons. The molecule has 1 unspecified atom stereocenters. The summed E-state index contributed by atoms with van der Waals surface area (Å²) < 4.78 is 6.04. The number of carbonyl (C=O) groups excluding carboxylic acids is 1. The van der Waals surface area contributed by atoms with Crippen molar-refractivity contribution in [1.29, 1.82) is 0 Å². The maximum absolute atomic E-state index is 13.1. The fourth-order valence-electron chi connectivity index (χ4n) is 3.47. The molecule has 26 heavy (non-hydrogen) atoms. The van der Waals surface area contributed by atoms with Gasteiger partial charge in [-0.05, 0) is 39.1 Å². The standard InChI is InChI=1S/C22H28N2O2/c1-17-9-11-21-19(13-17)14-24(20(16-26-21)15-23(2)3)22(25)12-10-18-7-5-4-6-8-18/h4-9,11,13,20H,10,12,14-16H2,1-3H3. The number of fused-ring (bicyclic) bond motifs is 1. The van der Waals surface area contributed by atoms with Gasteiger partial charge in [0.1, 0.15) is 12.4 Å². The fraction of sp³-hybridized carbons (Fsp3) is 0.409. The number of hydrogen-bond donors (Lipinski definition) is 0. The summed E-state index contributed by atoms with van der Waals surface area (Å²) in [7, 11) is 4.07. The average molecular weight is 352 g/mol. The van der Waals surface area contributed by atoms with Crippen LogP contribution in [0.3, 0.4) is 0 Å². The van der Waals surface area contributed by atoms with Gasteiger partial charge in [0.2, 0.25) is 5.91 Å². The molecular weight excluding hydrogens is 324 g/mol. The molecule has 1 atom stereocenters. The number of rotatable bonds is 5. The summed E-state index contributed by atoms with van der Waals surface area (Å²) >= 11 is 0. The minimum Gasteiger partial charge on any atom is -0.491 e. The molecule has 0 saturated heterocycles. The van der Waals surface area contributed by atoms with Gasteiger partial charge in [0, 0.05) is 25.1 Å². The maximum Gasteiger partial charge on any atom is 0.223 e. The van der Waals surface area contributed by atoms with Crippen molar-refractivity contribution in [1.82, 2.24) is 9.80 Å². The lowest BCUT2D eigenvalue weighted by atomic mass is 10.1. The molecule has 0 radical (unpaired) electrons. The lowest BCUT2D eigenvalue weighted by Crippen LogP contribution is -2.47. The molecule has 0 aliphatic carbocycles. The van der Waals surface area contributed by atoms with Gasteiger partial charge < -0.3 is 14.5 Å². The Labute approximate surface area is 156 Å². The number of likely N-dealkylation sites (N-methyl/N-ethyl adjacent to an activating group) is 1. The second kappa shape index (κ2) is 8.37. The van der Waals surface area contributed by atoms with Gasteiger partial charge in [-0.25, -0.2) is 0 Å². The van der Waals surface area contributed by atoms with E-state index >= 15 is 0 Å². The zero-order valence-corrected chi connectivity index (χ0v) is 15.9. The van der Waals surface area contributed by atoms with Crippen LogP contribution in [0.4, 0.5) is 0 Å². The van der Waals surface area contributed by atoms with Crippen LogP contribution in [0, 0.1) is 6.92 Å². The molecule has 0 fully saturated rings. The molecule has 3 rings (SSSR count). The van der Waals surface area contributed by atoms with Gasteiger partial charge >= 0.3 is 0 Å². The van der Waals surface area contributed by atoms with Crippen LogP contribution in [0.2, 0.25) is 0 Å². The second-order valence-corrected chi connectivity index (χ2v) is 7.35. The van der Waals surface area contributed by atoms with Gasteiger partial charge in [0.25, 0.3) is 0 Å². The molecule has 0 N–H and O–H groups in total. The SMILES string of the molecule is Cc1ccc2c(c1)CN(C(=O)CCc1ccccc1)C(CN(C)C)CO2. The predicted molar refractivity (Wildman–Crippen MR) is 104 cm³/mol. The number of hydrogen-bond acceptors (Lipinski definition) is 3. The van der Waals surface area contributed by atoms with Crippen LogP contribution in [-0.4, -0.2) is 49.0 Å². The van der Waals surface area contributed by atoms with E-state index in [4.69, 9.17) is 4.74 Å². The third-order valence-electron chi connectivity index (χ3n) is 4.80. The van der Waals surface area contributed by atoms with Crippen molar-refractivity contribution in [2.45, 2.75) is 32.4 Å². The van der Waals surface area contributed by atoms with E-state index in [9.17, 15) is 4.79 Å². The molecule has 0 spiro atoms. The van der Waals surface area contributed by atoms with Crippen molar-refractivity contribution in [3.8, 4) is 5.75 Å². The van der Waals surface area contributed by atoms with Gasteiger partial charge in [-0.3, -0.25) is 4.79 Å². The predicted octanol–water partition coefficient (Wildman–Crippen LogP) is 3.28. The first-order valence-corrected chi connectivity index (χ1v) is 9.23. The molecule has 1 heterocycles. The lowest BCUT2D eigenvalue weighted by molar-refractivity contribution is -0.134. The smallest absolute Gasteiger partial charge is 0.223 e. The van der Waals surface area contributed by atoms with E-state index in [1.807, 2.05) is 43.3 Å². The van der Waals surface area contributed by atoms with Crippen LogP contribution >= 0.6 is 0 Å². The fourth-order valence-corrected chi connectivity index (χ4v) is 3.47. The third-order valence-corrected chi connectivity index (χ3v) is 4.80. The number of benzene rings is 2. The van der Waals surface area contributed by atoms with Gasteiger partial charge in [0.15, 0.2) is 0 Å². The number of amides is 1. The molecular formula is C22H28N2O2. The van der Waals surface area contributed by atoms with Crippen LogP contribution in [-0.2, 0) is 17.8 Å². The molecule has 4 heteroatoms. The van der Waals surface area contributed by atoms with E-state index in [1.165, 1.54) is 11.1 Å². The highest BCUT2D eigenvalue weighted by molar-refractivity contribution is 5.77. The lowest BCUT2D eigenvalue weighted by Gasteiger charge is -2.31. The van der Waals surface area contributed by atoms with Gasteiger partial charge in [-0.15, -0.1) is 0 Å². The number of nitrogens with zero attached hydrogens (tertiary/aromatic N) is 2. The first-order valence-electron chi connectivity index (χ1n) is 9.23. The van der Waals surface area contributed by atoms with Crippen LogP contribution in [0.5, 0.6) is 5.75 Å². The Bertz CT molecular complexity index is 743. The number of ether oxygens (including phenoxy) is 1. The van der Waals surface area contributed by atoms with Gasteiger partial charge in [-0.1, -0.05) is 48.0 Å². The monoisotopic (exact) mass is 352 g/mol. The van der Waals surface area contributed by atoms with E-state index in [-0.39, 0.29) is 11.9 Å². The molecule has 0 saturated carbocycles. The van der Waals surface area contributed by atoms with Gasteiger partial charge in [0.05, 0.1) is 6.04 Å². The van der Waals surface area contributed by atoms with Crippen molar-refractivity contribution >= 4 is 5.91 Å². The topological polar surface area (TPSA) is 32.8 Å². The van der Waals surface area contributed by atoms with Crippen LogP contribution in [0.25, 0.3) is 0 Å². The Morgan fingerprint density at radius 2 is 1.96 bits per heavy atom. The van der Waals surface area contributed by atoms with E-state index in [0.717, 1.165) is 24.3 Å². The Morgan fingerprint density at radius 1 is 1.19 bits per heavy atom. The van der Waals surface area contributed by atoms with Crippen molar-refractivity contribution in [3.63, 3.8) is 0 Å². The van der Waals surface area contributed by atoms with E-state index < -0.39 is 0 Å². The zero-order valence-electron chi connectivity index (χ0n) is 15.9. The molecule has 1 aliphatic rings. The zero-order chi connectivity index (χ0) is 18.5. The molecule has 1 aliphatic heterocycles. The van der Waals surface area contributed by atoms with Crippen molar-refractivity contribution in [3.05, 3.63) is 65.2 Å². The molecule has 0 bridgehead atoms. The summed E-state index contributed by atoms with van der Waals surface area (Å²) in [4.78, 5) is 17.2. The normalized spacial score (nSPS) is 16.8. The van der Waals surface area contributed by atoms with E-state index in [0.29, 0.717) is 19.6 Å². The number of aryl methyl sites for hydroxylation is 2. The summed E-state index contributed by atoms with van der Waals surface area (Å²) in [6.07, 6.45) is 1.29. The van der Waals surface area contributed by atoms with Gasteiger partial charge in [-0.2, -0.15) is 0 Å². The van der Waals surface area contributed by atoms with Crippen molar-refractivity contribution in [2.24, 2.45) is 0 Å². The summed E-state index contributed by atoms with van der Waals surface area (Å²) in [5.74, 6) is 1.09. The van der Waals surface area contributed by atoms with Crippen LogP contribution in [0.1, 0.15) is 23.1 Å². The molecule has 2 aromatic rings. The quantitative estimate of drug-likeness (QED) is 0.828. The summed E-state index contributed by atoms with van der Waals surface area (Å²) in [5, 5.41) is 0. The number of carbonyl (C=O) groups is 1. The minimum atomic E-state index is 0.0565. The van der Waals surface area contributed by atoms with Crippen LogP contribution in [0.15, 0.2) is 48.5 Å². The van der Waals surface area contributed by atoms with Crippen molar-refractivity contribution in [2.75, 3.05) is 27.2 Å². The molecule has 0 aromatic heterocycles. The highest BCUT2D eigenvalue weighted by atomic mass is 16.5. The minimum absolute atomic E-state index is 0.0565. The first kappa shape index (κ1) is 18.5. The van der Waals surface area contributed by atoms with Crippen molar-refractivity contribution < 1.29 is 9.53 Å².